The lowest BCUT2D eigenvalue weighted by Crippen LogP contribution is -2.24. The SMILES string of the molecule is CCCCCCC1CN(Cc2cccc(C#N)c2)C(=O)O1. The minimum Gasteiger partial charge on any atom is -0.444 e. The molecular formula is C17H22N2O2. The molecule has 21 heavy (non-hydrogen) atoms. The van der Waals surface area contributed by atoms with Crippen molar-refractivity contribution >= 4 is 6.09 Å². The van der Waals surface area contributed by atoms with Crippen LogP contribution in [-0.4, -0.2) is 23.6 Å². The van der Waals surface area contributed by atoms with E-state index in [4.69, 9.17) is 10.00 Å². The van der Waals surface area contributed by atoms with Gasteiger partial charge in [0.15, 0.2) is 0 Å². The van der Waals surface area contributed by atoms with E-state index in [1.807, 2.05) is 18.2 Å². The number of ether oxygens (including phenoxy) is 1. The fourth-order valence-corrected chi connectivity index (χ4v) is 2.61. The van der Waals surface area contributed by atoms with Crippen molar-refractivity contribution in [3.8, 4) is 6.07 Å². The van der Waals surface area contributed by atoms with Crippen LogP contribution in [0.4, 0.5) is 4.79 Å². The van der Waals surface area contributed by atoms with E-state index in [1.165, 1.54) is 19.3 Å². The van der Waals surface area contributed by atoms with Gasteiger partial charge in [0.1, 0.15) is 6.10 Å². The number of amides is 1. The molecular weight excluding hydrogens is 264 g/mol. The quantitative estimate of drug-likeness (QED) is 0.715. The molecule has 1 saturated heterocycles. The molecule has 1 aliphatic rings. The van der Waals surface area contributed by atoms with E-state index in [0.29, 0.717) is 18.7 Å². The lowest BCUT2D eigenvalue weighted by molar-refractivity contribution is 0.127. The van der Waals surface area contributed by atoms with Crippen molar-refractivity contribution in [1.82, 2.24) is 4.90 Å². The number of carbonyl (C=O) groups excluding carboxylic acids is 1. The third-order valence-electron chi connectivity index (χ3n) is 3.76. The normalized spacial score (nSPS) is 17.6. The fraction of sp³-hybridized carbons (Fsp3) is 0.529. The van der Waals surface area contributed by atoms with Crippen LogP contribution in [0, 0.1) is 11.3 Å². The summed E-state index contributed by atoms with van der Waals surface area (Å²) in [5, 5.41) is 8.90. The number of benzene rings is 1. The van der Waals surface area contributed by atoms with Gasteiger partial charge in [0.25, 0.3) is 0 Å². The Bertz CT molecular complexity index is 522. The van der Waals surface area contributed by atoms with Crippen molar-refractivity contribution in [1.29, 1.82) is 5.26 Å². The Morgan fingerprint density at radius 2 is 2.24 bits per heavy atom. The van der Waals surface area contributed by atoms with Crippen LogP contribution < -0.4 is 0 Å². The highest BCUT2D eigenvalue weighted by Crippen LogP contribution is 2.19. The molecule has 1 atom stereocenters. The molecule has 0 aromatic heterocycles. The molecule has 112 valence electrons. The smallest absolute Gasteiger partial charge is 0.410 e. The Kier molecular flexibility index (Phi) is 5.62. The molecule has 1 aromatic carbocycles. The average Bonchev–Trinajstić information content (AvgIpc) is 2.84. The van der Waals surface area contributed by atoms with E-state index in [-0.39, 0.29) is 12.2 Å². The van der Waals surface area contributed by atoms with Gasteiger partial charge in [0.05, 0.1) is 18.2 Å². The number of unbranched alkanes of at least 4 members (excludes halogenated alkanes) is 3. The van der Waals surface area contributed by atoms with Gasteiger partial charge in [0, 0.05) is 6.54 Å². The number of hydrogen-bond donors (Lipinski definition) is 0. The zero-order valence-electron chi connectivity index (χ0n) is 12.5. The van der Waals surface area contributed by atoms with Crippen LogP contribution >= 0.6 is 0 Å². The van der Waals surface area contributed by atoms with E-state index in [0.717, 1.165) is 18.4 Å². The molecule has 4 nitrogen and oxygen atoms in total. The van der Waals surface area contributed by atoms with E-state index in [1.54, 1.807) is 11.0 Å². The predicted molar refractivity (Wildman–Crippen MR) is 80.6 cm³/mol. The molecule has 1 aliphatic heterocycles. The second-order valence-corrected chi connectivity index (χ2v) is 5.55. The molecule has 1 unspecified atom stereocenters. The van der Waals surface area contributed by atoms with Crippen molar-refractivity contribution < 1.29 is 9.53 Å². The van der Waals surface area contributed by atoms with Crippen LogP contribution in [0.2, 0.25) is 0 Å². The van der Waals surface area contributed by atoms with Crippen molar-refractivity contribution in [3.63, 3.8) is 0 Å². The molecule has 1 fully saturated rings. The van der Waals surface area contributed by atoms with Crippen molar-refractivity contribution in [2.45, 2.75) is 51.7 Å². The van der Waals surface area contributed by atoms with Gasteiger partial charge in [-0.2, -0.15) is 5.26 Å². The Balaban J connectivity index is 1.84. The van der Waals surface area contributed by atoms with Gasteiger partial charge in [-0.05, 0) is 30.5 Å². The van der Waals surface area contributed by atoms with Crippen LogP contribution in [0.25, 0.3) is 0 Å². The second-order valence-electron chi connectivity index (χ2n) is 5.55. The third-order valence-corrected chi connectivity index (χ3v) is 3.76. The molecule has 0 bridgehead atoms. The van der Waals surface area contributed by atoms with Crippen molar-refractivity contribution in [2.24, 2.45) is 0 Å². The van der Waals surface area contributed by atoms with Crippen LogP contribution in [-0.2, 0) is 11.3 Å². The molecule has 1 amide bonds. The van der Waals surface area contributed by atoms with Gasteiger partial charge < -0.3 is 9.64 Å². The summed E-state index contributed by atoms with van der Waals surface area (Å²) < 4.78 is 5.40. The summed E-state index contributed by atoms with van der Waals surface area (Å²) in [6, 6.07) is 9.48. The van der Waals surface area contributed by atoms with E-state index in [9.17, 15) is 4.79 Å². The first-order chi connectivity index (χ1) is 10.2. The molecule has 0 spiro atoms. The molecule has 4 heteroatoms. The van der Waals surface area contributed by atoms with Gasteiger partial charge >= 0.3 is 6.09 Å². The summed E-state index contributed by atoms with van der Waals surface area (Å²) in [5.41, 5.74) is 1.59. The Hall–Kier alpha value is -2.02. The maximum atomic E-state index is 11.9. The molecule has 0 N–H and O–H groups in total. The summed E-state index contributed by atoms with van der Waals surface area (Å²) in [7, 11) is 0. The number of nitriles is 1. The monoisotopic (exact) mass is 286 g/mol. The first kappa shape index (κ1) is 15.4. The molecule has 2 rings (SSSR count). The zero-order valence-corrected chi connectivity index (χ0v) is 12.5. The Morgan fingerprint density at radius 3 is 3.00 bits per heavy atom. The zero-order chi connectivity index (χ0) is 15.1. The average molecular weight is 286 g/mol. The molecule has 0 saturated carbocycles. The fourth-order valence-electron chi connectivity index (χ4n) is 2.61. The highest BCUT2D eigenvalue weighted by molar-refractivity contribution is 5.69. The summed E-state index contributed by atoms with van der Waals surface area (Å²) in [5.74, 6) is 0. The summed E-state index contributed by atoms with van der Waals surface area (Å²) in [6.45, 7) is 3.36. The minimum absolute atomic E-state index is 0.0218. The minimum atomic E-state index is -0.238. The van der Waals surface area contributed by atoms with Gasteiger partial charge in [-0.3, -0.25) is 0 Å². The number of hydrogen-bond acceptors (Lipinski definition) is 3. The van der Waals surface area contributed by atoms with Crippen LogP contribution in [0.5, 0.6) is 0 Å². The maximum absolute atomic E-state index is 11.9. The Morgan fingerprint density at radius 1 is 1.38 bits per heavy atom. The van der Waals surface area contributed by atoms with Gasteiger partial charge in [0.2, 0.25) is 0 Å². The molecule has 0 aliphatic carbocycles. The molecule has 1 heterocycles. The van der Waals surface area contributed by atoms with Gasteiger partial charge in [-0.1, -0.05) is 38.3 Å². The Labute approximate surface area is 126 Å². The largest absolute Gasteiger partial charge is 0.444 e. The summed E-state index contributed by atoms with van der Waals surface area (Å²) in [4.78, 5) is 13.6. The standard InChI is InChI=1S/C17H22N2O2/c1-2-3-4-5-9-16-13-19(17(20)21-16)12-15-8-6-7-14(10-15)11-18/h6-8,10,16H,2-5,9,12-13H2,1H3. The highest BCUT2D eigenvalue weighted by Gasteiger charge is 2.30. The van der Waals surface area contributed by atoms with Gasteiger partial charge in [-0.15, -0.1) is 0 Å². The van der Waals surface area contributed by atoms with Crippen LogP contribution in [0.3, 0.4) is 0 Å². The van der Waals surface area contributed by atoms with Crippen LogP contribution in [0.1, 0.15) is 50.2 Å². The predicted octanol–water partition coefficient (Wildman–Crippen LogP) is 3.85. The third kappa shape index (κ3) is 4.49. The van der Waals surface area contributed by atoms with E-state index < -0.39 is 0 Å². The maximum Gasteiger partial charge on any atom is 0.410 e. The lowest BCUT2D eigenvalue weighted by atomic mass is 10.1. The number of rotatable bonds is 7. The van der Waals surface area contributed by atoms with Crippen molar-refractivity contribution in [3.05, 3.63) is 35.4 Å². The van der Waals surface area contributed by atoms with Crippen molar-refractivity contribution in [2.75, 3.05) is 6.54 Å². The topological polar surface area (TPSA) is 53.3 Å². The molecule has 0 radical (unpaired) electrons. The van der Waals surface area contributed by atoms with Gasteiger partial charge in [-0.25, -0.2) is 4.79 Å². The lowest BCUT2D eigenvalue weighted by Gasteiger charge is -2.13. The number of cyclic esters (lactones) is 1. The summed E-state index contributed by atoms with van der Waals surface area (Å²) in [6.07, 6.45) is 5.50. The summed E-state index contributed by atoms with van der Waals surface area (Å²) >= 11 is 0. The second kappa shape index (κ2) is 7.68. The molecule has 1 aromatic rings. The first-order valence-electron chi connectivity index (χ1n) is 7.67. The van der Waals surface area contributed by atoms with E-state index >= 15 is 0 Å². The highest BCUT2D eigenvalue weighted by atomic mass is 16.6. The number of carbonyl (C=O) groups is 1. The van der Waals surface area contributed by atoms with E-state index in [2.05, 4.69) is 13.0 Å². The van der Waals surface area contributed by atoms with Crippen LogP contribution in [0.15, 0.2) is 24.3 Å². The first-order valence-corrected chi connectivity index (χ1v) is 7.67. The number of nitrogens with zero attached hydrogens (tertiary/aromatic N) is 2.